The van der Waals surface area contributed by atoms with E-state index in [9.17, 15) is 9.59 Å². The predicted octanol–water partition coefficient (Wildman–Crippen LogP) is 2.59. The van der Waals surface area contributed by atoms with Gasteiger partial charge in [-0.15, -0.1) is 0 Å². The van der Waals surface area contributed by atoms with Crippen LogP contribution in [0.1, 0.15) is 79.8 Å². The molecule has 1 aromatic rings. The Kier molecular flexibility index (Phi) is 4.77. The van der Waals surface area contributed by atoms with Crippen LogP contribution >= 0.6 is 0 Å². The Hall–Kier alpha value is -1.85. The van der Waals surface area contributed by atoms with E-state index >= 15 is 0 Å². The van der Waals surface area contributed by atoms with Gasteiger partial charge in [0.2, 0.25) is 5.91 Å². The Morgan fingerprint density at radius 2 is 1.76 bits per heavy atom. The van der Waals surface area contributed by atoms with Gasteiger partial charge in [0.1, 0.15) is 0 Å². The van der Waals surface area contributed by atoms with Crippen LogP contribution in [0.2, 0.25) is 0 Å². The van der Waals surface area contributed by atoms with Crippen LogP contribution < -0.4 is 5.32 Å². The zero-order chi connectivity index (χ0) is 17.2. The maximum Gasteiger partial charge on any atom is 0.254 e. The van der Waals surface area contributed by atoms with Gasteiger partial charge in [0.15, 0.2) is 0 Å². The van der Waals surface area contributed by atoms with Crippen LogP contribution in [0.15, 0.2) is 6.20 Å². The number of rotatable bonds is 4. The number of carbonyl (C=O) groups is 2. The minimum atomic E-state index is -0.0127. The molecular weight excluding hydrogens is 316 g/mol. The van der Waals surface area contributed by atoms with Gasteiger partial charge in [-0.3, -0.25) is 14.7 Å². The summed E-state index contributed by atoms with van der Waals surface area (Å²) in [4.78, 5) is 26.8. The average molecular weight is 344 g/mol. The number of H-pyrrole nitrogens is 1. The van der Waals surface area contributed by atoms with Gasteiger partial charge >= 0.3 is 0 Å². The van der Waals surface area contributed by atoms with Crippen molar-refractivity contribution in [2.75, 3.05) is 13.1 Å². The number of hydrogen-bond acceptors (Lipinski definition) is 3. The molecule has 1 aromatic heterocycles. The molecule has 3 fully saturated rings. The summed E-state index contributed by atoms with van der Waals surface area (Å²) < 4.78 is 0. The summed E-state index contributed by atoms with van der Waals surface area (Å²) in [5.41, 5.74) is 1.72. The van der Waals surface area contributed by atoms with E-state index in [0.717, 1.165) is 57.3 Å². The van der Waals surface area contributed by atoms with E-state index < -0.39 is 0 Å². The maximum absolute atomic E-state index is 12.7. The molecule has 0 unspecified atom stereocenters. The number of aromatic nitrogens is 2. The summed E-state index contributed by atoms with van der Waals surface area (Å²) in [5.74, 6) is 1.03. The zero-order valence-corrected chi connectivity index (χ0v) is 14.8. The summed E-state index contributed by atoms with van der Waals surface area (Å²) in [6.45, 7) is 1.53. The molecule has 2 amide bonds. The number of hydrogen-bond donors (Lipinski definition) is 2. The summed E-state index contributed by atoms with van der Waals surface area (Å²) >= 11 is 0. The van der Waals surface area contributed by atoms with Gasteiger partial charge in [-0.05, 0) is 38.5 Å². The molecule has 2 saturated carbocycles. The summed E-state index contributed by atoms with van der Waals surface area (Å²) in [7, 11) is 0. The van der Waals surface area contributed by atoms with Gasteiger partial charge in [0.25, 0.3) is 5.91 Å². The number of piperidine rings is 1. The van der Waals surface area contributed by atoms with E-state index in [4.69, 9.17) is 0 Å². The Bertz CT molecular complexity index is 623. The highest BCUT2D eigenvalue weighted by Gasteiger charge is 2.35. The van der Waals surface area contributed by atoms with Crippen molar-refractivity contribution in [3.8, 4) is 0 Å². The number of likely N-dealkylation sites (tertiary alicyclic amines) is 1. The molecule has 136 valence electrons. The van der Waals surface area contributed by atoms with Crippen molar-refractivity contribution >= 4 is 11.8 Å². The van der Waals surface area contributed by atoms with E-state index in [1.807, 2.05) is 4.90 Å². The molecule has 4 rings (SSSR count). The van der Waals surface area contributed by atoms with Crippen molar-refractivity contribution in [2.45, 2.75) is 69.7 Å². The molecule has 25 heavy (non-hydrogen) atoms. The monoisotopic (exact) mass is 344 g/mol. The first-order valence-corrected chi connectivity index (χ1v) is 9.85. The zero-order valence-electron chi connectivity index (χ0n) is 14.8. The molecule has 2 N–H and O–H groups in total. The minimum Gasteiger partial charge on any atom is -0.349 e. The first kappa shape index (κ1) is 16.6. The number of carbonyl (C=O) groups excluding carboxylic acids is 2. The van der Waals surface area contributed by atoms with Crippen molar-refractivity contribution in [2.24, 2.45) is 5.92 Å². The van der Waals surface area contributed by atoms with Crippen molar-refractivity contribution in [1.82, 2.24) is 20.4 Å². The van der Waals surface area contributed by atoms with Crippen LogP contribution in [-0.4, -0.2) is 46.0 Å². The fourth-order valence-electron chi connectivity index (χ4n) is 4.28. The lowest BCUT2D eigenvalue weighted by molar-refractivity contribution is -0.133. The van der Waals surface area contributed by atoms with E-state index in [1.165, 1.54) is 19.3 Å². The molecule has 0 radical (unpaired) electrons. The normalized spacial score (nSPS) is 22.8. The van der Waals surface area contributed by atoms with Gasteiger partial charge in [-0.25, -0.2) is 0 Å². The molecule has 1 aliphatic heterocycles. The molecule has 6 nitrogen and oxygen atoms in total. The lowest BCUT2D eigenvalue weighted by atomic mass is 9.85. The third-order valence-electron chi connectivity index (χ3n) is 6.00. The largest absolute Gasteiger partial charge is 0.349 e. The van der Waals surface area contributed by atoms with Gasteiger partial charge in [-0.2, -0.15) is 5.10 Å². The van der Waals surface area contributed by atoms with Crippen molar-refractivity contribution in [3.05, 3.63) is 17.5 Å². The maximum atomic E-state index is 12.7. The van der Waals surface area contributed by atoms with Crippen LogP contribution in [0.5, 0.6) is 0 Å². The molecule has 0 aromatic carbocycles. The van der Waals surface area contributed by atoms with Crippen LogP contribution in [-0.2, 0) is 4.79 Å². The molecule has 2 heterocycles. The van der Waals surface area contributed by atoms with Crippen LogP contribution in [0, 0.1) is 5.92 Å². The number of amides is 2. The van der Waals surface area contributed by atoms with Gasteiger partial charge in [0.05, 0.1) is 17.5 Å². The van der Waals surface area contributed by atoms with Gasteiger partial charge in [0, 0.05) is 31.0 Å². The van der Waals surface area contributed by atoms with Crippen molar-refractivity contribution in [1.29, 1.82) is 0 Å². The van der Waals surface area contributed by atoms with Crippen LogP contribution in [0.25, 0.3) is 0 Å². The lowest BCUT2D eigenvalue weighted by Gasteiger charge is -2.32. The molecular formula is C19H28N4O2. The molecule has 0 spiro atoms. The molecule has 2 aliphatic carbocycles. The Balaban J connectivity index is 1.32. The first-order chi connectivity index (χ1) is 12.2. The van der Waals surface area contributed by atoms with E-state index in [1.54, 1.807) is 6.20 Å². The minimum absolute atomic E-state index is 0.0127. The lowest BCUT2D eigenvalue weighted by Crippen LogP contribution is -2.47. The van der Waals surface area contributed by atoms with E-state index in [0.29, 0.717) is 17.4 Å². The second-order valence-corrected chi connectivity index (χ2v) is 7.88. The summed E-state index contributed by atoms with van der Waals surface area (Å²) in [6.07, 6.45) is 11.5. The topological polar surface area (TPSA) is 78.1 Å². The SMILES string of the molecule is O=C(NC1CCN(C(=O)C2CC2)CC1)c1cn[nH]c1C1CCCCC1. The molecule has 0 atom stereocenters. The third-order valence-corrected chi connectivity index (χ3v) is 6.00. The van der Waals surface area contributed by atoms with Crippen molar-refractivity contribution in [3.63, 3.8) is 0 Å². The molecule has 0 bridgehead atoms. The van der Waals surface area contributed by atoms with Crippen LogP contribution in [0.3, 0.4) is 0 Å². The molecule has 3 aliphatic rings. The first-order valence-electron chi connectivity index (χ1n) is 9.85. The number of nitrogens with zero attached hydrogens (tertiary/aromatic N) is 2. The number of nitrogens with one attached hydrogen (secondary N) is 2. The average Bonchev–Trinajstić information content (AvgIpc) is 3.38. The fraction of sp³-hybridized carbons (Fsp3) is 0.737. The highest BCUT2D eigenvalue weighted by molar-refractivity contribution is 5.95. The Morgan fingerprint density at radius 3 is 2.44 bits per heavy atom. The second kappa shape index (κ2) is 7.18. The van der Waals surface area contributed by atoms with Crippen LogP contribution in [0.4, 0.5) is 0 Å². The van der Waals surface area contributed by atoms with Gasteiger partial charge in [-0.1, -0.05) is 19.3 Å². The van der Waals surface area contributed by atoms with E-state index in [2.05, 4.69) is 15.5 Å². The van der Waals surface area contributed by atoms with E-state index in [-0.39, 0.29) is 17.9 Å². The summed E-state index contributed by atoms with van der Waals surface area (Å²) in [6, 6.07) is 0.157. The third kappa shape index (κ3) is 3.72. The van der Waals surface area contributed by atoms with Crippen molar-refractivity contribution < 1.29 is 9.59 Å². The Labute approximate surface area is 148 Å². The highest BCUT2D eigenvalue weighted by atomic mass is 16.2. The predicted molar refractivity (Wildman–Crippen MR) is 94.2 cm³/mol. The quantitative estimate of drug-likeness (QED) is 0.881. The number of aromatic amines is 1. The molecule has 6 heteroatoms. The standard InChI is InChI=1S/C19H28N4O2/c24-18(16-12-20-22-17(16)13-4-2-1-3-5-13)21-15-8-10-23(11-9-15)19(25)14-6-7-14/h12-15H,1-11H2,(H,20,22)(H,21,24). The smallest absolute Gasteiger partial charge is 0.254 e. The highest BCUT2D eigenvalue weighted by Crippen LogP contribution is 2.33. The van der Waals surface area contributed by atoms with Gasteiger partial charge < -0.3 is 10.2 Å². The fourth-order valence-corrected chi connectivity index (χ4v) is 4.28. The molecule has 1 saturated heterocycles. The second-order valence-electron chi connectivity index (χ2n) is 7.88. The summed E-state index contributed by atoms with van der Waals surface area (Å²) in [5, 5.41) is 10.4. The Morgan fingerprint density at radius 1 is 1.04 bits per heavy atom.